The average Bonchev–Trinajstić information content (AvgIpc) is 2.88. The highest BCUT2D eigenvalue weighted by atomic mass is 15.3. The molecule has 0 saturated carbocycles. The highest BCUT2D eigenvalue weighted by Crippen LogP contribution is 2.18. The molecule has 0 aliphatic heterocycles. The first kappa shape index (κ1) is 22.0. The van der Waals surface area contributed by atoms with E-state index < -0.39 is 0 Å². The van der Waals surface area contributed by atoms with Gasteiger partial charge in [-0.25, -0.2) is 0 Å². The van der Waals surface area contributed by atoms with Crippen LogP contribution in [0.2, 0.25) is 0 Å². The Labute approximate surface area is 170 Å². The molecular formula is C22H36N6. The molecule has 1 aromatic carbocycles. The van der Waals surface area contributed by atoms with Crippen molar-refractivity contribution in [1.82, 2.24) is 25.3 Å². The number of likely N-dealkylation sites (N-methyl/N-ethyl adjacent to an activating group) is 1. The number of rotatable bonds is 8. The molecule has 0 aliphatic rings. The van der Waals surface area contributed by atoms with Crippen LogP contribution in [0, 0.1) is 13.8 Å². The fraction of sp³-hybridized carbons (Fsp3) is 0.545. The zero-order chi connectivity index (χ0) is 20.7. The summed E-state index contributed by atoms with van der Waals surface area (Å²) in [6, 6.07) is 11.0. The summed E-state index contributed by atoms with van der Waals surface area (Å²) < 4.78 is 1.96. The van der Waals surface area contributed by atoms with Gasteiger partial charge in [0.1, 0.15) is 0 Å². The standard InChI is InChI=1S/C22H36N6/c1-8-23-22(24-15-21(27(5)6)19-12-10-9-11-13-19)25-16(2)14-20-17(3)26-28(7)18(20)4/h9-13,16,21H,8,14-15H2,1-7H3,(H2,23,24,25). The number of aromatic nitrogens is 2. The molecule has 6 heteroatoms. The van der Waals surface area contributed by atoms with E-state index in [0.29, 0.717) is 6.54 Å². The van der Waals surface area contributed by atoms with Crippen molar-refractivity contribution in [3.05, 3.63) is 52.8 Å². The lowest BCUT2D eigenvalue weighted by Gasteiger charge is -2.24. The lowest BCUT2D eigenvalue weighted by molar-refractivity contribution is 0.306. The van der Waals surface area contributed by atoms with Crippen LogP contribution in [0.5, 0.6) is 0 Å². The van der Waals surface area contributed by atoms with Crippen LogP contribution >= 0.6 is 0 Å². The third kappa shape index (κ3) is 5.83. The van der Waals surface area contributed by atoms with Crippen molar-refractivity contribution in [2.75, 3.05) is 27.2 Å². The summed E-state index contributed by atoms with van der Waals surface area (Å²) in [5.74, 6) is 0.858. The summed E-state index contributed by atoms with van der Waals surface area (Å²) in [5, 5.41) is 11.5. The molecule has 0 radical (unpaired) electrons. The molecule has 2 N–H and O–H groups in total. The van der Waals surface area contributed by atoms with E-state index >= 15 is 0 Å². The quantitative estimate of drug-likeness (QED) is 0.543. The first-order valence-electron chi connectivity index (χ1n) is 10.1. The summed E-state index contributed by atoms with van der Waals surface area (Å²) in [7, 11) is 6.20. The minimum absolute atomic E-state index is 0.245. The lowest BCUT2D eigenvalue weighted by atomic mass is 10.1. The lowest BCUT2D eigenvalue weighted by Crippen LogP contribution is -2.43. The van der Waals surface area contributed by atoms with E-state index in [0.717, 1.165) is 24.6 Å². The molecule has 0 spiro atoms. The Kier molecular flexibility index (Phi) is 8.05. The minimum atomic E-state index is 0.245. The Hall–Kier alpha value is -2.34. The molecule has 154 valence electrons. The van der Waals surface area contributed by atoms with Gasteiger partial charge in [0.05, 0.1) is 18.3 Å². The smallest absolute Gasteiger partial charge is 0.191 e. The van der Waals surface area contributed by atoms with Gasteiger partial charge in [-0.2, -0.15) is 5.10 Å². The predicted octanol–water partition coefficient (Wildman–Crippen LogP) is 2.83. The SMILES string of the molecule is CCNC(=NCC(c1ccccc1)N(C)C)NC(C)Cc1c(C)nn(C)c1C. The summed E-state index contributed by atoms with van der Waals surface area (Å²) in [6.07, 6.45) is 0.922. The van der Waals surface area contributed by atoms with Gasteiger partial charge in [0.25, 0.3) is 0 Å². The second kappa shape index (κ2) is 10.3. The van der Waals surface area contributed by atoms with E-state index in [9.17, 15) is 0 Å². The van der Waals surface area contributed by atoms with Gasteiger partial charge in [0.2, 0.25) is 0 Å². The Morgan fingerprint density at radius 2 is 1.89 bits per heavy atom. The molecule has 2 rings (SSSR count). The fourth-order valence-electron chi connectivity index (χ4n) is 3.44. The zero-order valence-corrected chi connectivity index (χ0v) is 18.5. The van der Waals surface area contributed by atoms with Crippen molar-refractivity contribution in [3.63, 3.8) is 0 Å². The molecule has 1 aromatic heterocycles. The first-order valence-corrected chi connectivity index (χ1v) is 10.1. The maximum Gasteiger partial charge on any atom is 0.191 e. The summed E-state index contributed by atoms with van der Waals surface area (Å²) >= 11 is 0. The largest absolute Gasteiger partial charge is 0.357 e. The molecule has 0 aliphatic carbocycles. The van der Waals surface area contributed by atoms with E-state index in [2.05, 4.69) is 92.8 Å². The molecule has 28 heavy (non-hydrogen) atoms. The number of nitrogens with one attached hydrogen (secondary N) is 2. The van der Waals surface area contributed by atoms with Gasteiger partial charge < -0.3 is 15.5 Å². The first-order chi connectivity index (χ1) is 13.3. The summed E-state index contributed by atoms with van der Waals surface area (Å²) in [6.45, 7) is 10.0. The van der Waals surface area contributed by atoms with Crippen molar-refractivity contribution in [2.24, 2.45) is 12.0 Å². The Bertz CT molecular complexity index is 763. The number of hydrogen-bond acceptors (Lipinski definition) is 3. The number of benzene rings is 1. The molecule has 0 bridgehead atoms. The van der Waals surface area contributed by atoms with Gasteiger partial charge in [0, 0.05) is 25.3 Å². The molecule has 1 heterocycles. The normalized spacial score (nSPS) is 14.2. The van der Waals surface area contributed by atoms with E-state index in [1.54, 1.807) is 0 Å². The fourth-order valence-corrected chi connectivity index (χ4v) is 3.44. The molecule has 2 atom stereocenters. The summed E-state index contributed by atoms with van der Waals surface area (Å²) in [5.41, 5.74) is 4.92. The molecule has 0 amide bonds. The minimum Gasteiger partial charge on any atom is -0.357 e. The highest BCUT2D eigenvalue weighted by molar-refractivity contribution is 5.80. The number of nitrogens with zero attached hydrogens (tertiary/aromatic N) is 4. The van der Waals surface area contributed by atoms with Crippen LogP contribution in [0.15, 0.2) is 35.3 Å². The number of hydrogen-bond donors (Lipinski definition) is 2. The molecule has 2 aromatic rings. The van der Waals surface area contributed by atoms with Gasteiger partial charge >= 0.3 is 0 Å². The predicted molar refractivity (Wildman–Crippen MR) is 118 cm³/mol. The third-order valence-electron chi connectivity index (χ3n) is 5.13. The number of aliphatic imine (C=N–C) groups is 1. The van der Waals surface area contributed by atoms with Crippen LogP contribution in [0.1, 0.15) is 42.4 Å². The molecular weight excluding hydrogens is 348 g/mol. The van der Waals surface area contributed by atoms with Crippen LogP contribution in [0.25, 0.3) is 0 Å². The van der Waals surface area contributed by atoms with Gasteiger partial charge in [-0.1, -0.05) is 30.3 Å². The highest BCUT2D eigenvalue weighted by Gasteiger charge is 2.16. The van der Waals surface area contributed by atoms with Crippen LogP contribution < -0.4 is 10.6 Å². The monoisotopic (exact) mass is 384 g/mol. The van der Waals surface area contributed by atoms with Gasteiger partial charge in [-0.3, -0.25) is 9.67 Å². The van der Waals surface area contributed by atoms with Crippen LogP contribution in [0.3, 0.4) is 0 Å². The van der Waals surface area contributed by atoms with Crippen molar-refractivity contribution >= 4 is 5.96 Å². The third-order valence-corrected chi connectivity index (χ3v) is 5.13. The number of aryl methyl sites for hydroxylation is 2. The Morgan fingerprint density at radius 3 is 2.43 bits per heavy atom. The molecule has 2 unspecified atom stereocenters. The second-order valence-electron chi connectivity index (χ2n) is 7.63. The maximum absolute atomic E-state index is 4.88. The topological polar surface area (TPSA) is 57.5 Å². The number of guanidine groups is 1. The van der Waals surface area contributed by atoms with E-state index in [-0.39, 0.29) is 12.1 Å². The van der Waals surface area contributed by atoms with Crippen molar-refractivity contribution in [2.45, 2.75) is 46.2 Å². The van der Waals surface area contributed by atoms with Gasteiger partial charge in [-0.15, -0.1) is 0 Å². The Balaban J connectivity index is 2.08. The zero-order valence-electron chi connectivity index (χ0n) is 18.5. The average molecular weight is 385 g/mol. The van der Waals surface area contributed by atoms with Crippen LogP contribution in [-0.4, -0.2) is 53.9 Å². The van der Waals surface area contributed by atoms with E-state index in [4.69, 9.17) is 4.99 Å². The Morgan fingerprint density at radius 1 is 1.21 bits per heavy atom. The van der Waals surface area contributed by atoms with Crippen LogP contribution in [-0.2, 0) is 13.5 Å². The summed E-state index contributed by atoms with van der Waals surface area (Å²) in [4.78, 5) is 7.09. The van der Waals surface area contributed by atoms with Crippen LogP contribution in [0.4, 0.5) is 0 Å². The molecule has 0 fully saturated rings. The van der Waals surface area contributed by atoms with E-state index in [1.165, 1.54) is 16.8 Å². The second-order valence-corrected chi connectivity index (χ2v) is 7.63. The molecule has 0 saturated heterocycles. The van der Waals surface area contributed by atoms with Crippen molar-refractivity contribution in [3.8, 4) is 0 Å². The maximum atomic E-state index is 4.88. The van der Waals surface area contributed by atoms with E-state index in [1.807, 2.05) is 11.7 Å². The van der Waals surface area contributed by atoms with Crippen molar-refractivity contribution in [1.29, 1.82) is 0 Å². The van der Waals surface area contributed by atoms with Gasteiger partial charge in [0.15, 0.2) is 5.96 Å². The van der Waals surface area contributed by atoms with Gasteiger partial charge in [-0.05, 0) is 59.3 Å². The molecule has 6 nitrogen and oxygen atoms in total. The van der Waals surface area contributed by atoms with Crippen molar-refractivity contribution < 1.29 is 0 Å².